The molecule has 1 aliphatic heterocycles. The van der Waals surface area contributed by atoms with Crippen molar-refractivity contribution >= 4 is 5.91 Å². The van der Waals surface area contributed by atoms with E-state index in [0.29, 0.717) is 31.5 Å². The summed E-state index contributed by atoms with van der Waals surface area (Å²) in [4.78, 5) is 14.2. The van der Waals surface area contributed by atoms with Crippen LogP contribution < -0.4 is 5.32 Å². The number of benzene rings is 1. The third-order valence-corrected chi connectivity index (χ3v) is 4.53. The molecule has 1 aromatic heterocycles. The Morgan fingerprint density at radius 2 is 2.20 bits per heavy atom. The topological polar surface area (TPSA) is 70.4 Å². The zero-order valence-electron chi connectivity index (χ0n) is 14.3. The van der Waals surface area contributed by atoms with Crippen molar-refractivity contribution in [3.8, 4) is 0 Å². The molecule has 7 heteroatoms. The van der Waals surface area contributed by atoms with Crippen LogP contribution in [-0.4, -0.2) is 44.4 Å². The number of aromatic nitrogens is 2. The minimum atomic E-state index is -1.45. The molecule has 1 atom stereocenters. The molecule has 1 fully saturated rings. The summed E-state index contributed by atoms with van der Waals surface area (Å²) in [7, 11) is 1.84. The van der Waals surface area contributed by atoms with Gasteiger partial charge in [0.2, 0.25) is 0 Å². The normalized spacial score (nSPS) is 20.9. The number of nitrogens with zero attached hydrogens (tertiary/aromatic N) is 3. The van der Waals surface area contributed by atoms with Crippen LogP contribution in [0.25, 0.3) is 0 Å². The number of carbonyl (C=O) groups excluding carboxylic acids is 1. The maximum Gasteiger partial charge on any atom is 0.256 e. The lowest BCUT2D eigenvalue weighted by atomic mass is 9.91. The first-order valence-electron chi connectivity index (χ1n) is 8.41. The zero-order chi connectivity index (χ0) is 17.9. The lowest BCUT2D eigenvalue weighted by molar-refractivity contribution is -0.157. The standard InChI is InChI=1S/C18H23FN4O2/c1-22-11-14(10-21-22)9-20-13-18(25)7-4-8-23(17(18)24)12-15-5-2-3-6-16(15)19/h2-3,5-6,10-11,20,25H,4,7-9,12-13H2,1H3/t18-/m1/s1. The van der Waals surface area contributed by atoms with Gasteiger partial charge in [0.1, 0.15) is 5.82 Å². The summed E-state index contributed by atoms with van der Waals surface area (Å²) in [6.45, 7) is 1.39. The number of hydrogen-bond acceptors (Lipinski definition) is 4. The Balaban J connectivity index is 1.61. The molecule has 0 bridgehead atoms. The second-order valence-corrected chi connectivity index (χ2v) is 6.58. The highest BCUT2D eigenvalue weighted by atomic mass is 19.1. The van der Waals surface area contributed by atoms with Crippen LogP contribution in [0.2, 0.25) is 0 Å². The maximum atomic E-state index is 13.8. The maximum absolute atomic E-state index is 13.8. The van der Waals surface area contributed by atoms with Crippen LogP contribution in [0.1, 0.15) is 24.0 Å². The number of halogens is 1. The van der Waals surface area contributed by atoms with Crippen LogP contribution in [-0.2, 0) is 24.9 Å². The number of aliphatic hydroxyl groups is 1. The van der Waals surface area contributed by atoms with Crippen LogP contribution >= 0.6 is 0 Å². The number of aryl methyl sites for hydroxylation is 1. The van der Waals surface area contributed by atoms with Gasteiger partial charge in [0.15, 0.2) is 5.60 Å². The Morgan fingerprint density at radius 3 is 2.92 bits per heavy atom. The van der Waals surface area contributed by atoms with Crippen molar-refractivity contribution in [2.75, 3.05) is 13.1 Å². The van der Waals surface area contributed by atoms with E-state index in [1.165, 1.54) is 11.0 Å². The van der Waals surface area contributed by atoms with E-state index in [9.17, 15) is 14.3 Å². The molecule has 0 aliphatic carbocycles. The molecular formula is C18H23FN4O2. The molecule has 2 aromatic rings. The van der Waals surface area contributed by atoms with Crippen molar-refractivity contribution in [1.82, 2.24) is 20.0 Å². The summed E-state index contributed by atoms with van der Waals surface area (Å²) in [5.74, 6) is -0.681. The first-order valence-corrected chi connectivity index (χ1v) is 8.41. The van der Waals surface area contributed by atoms with E-state index in [1.807, 2.05) is 13.2 Å². The van der Waals surface area contributed by atoms with Crippen LogP contribution in [0.3, 0.4) is 0 Å². The average molecular weight is 346 g/mol. The van der Waals surface area contributed by atoms with E-state index < -0.39 is 5.60 Å². The number of rotatable bonds is 6. The molecule has 2 N–H and O–H groups in total. The summed E-state index contributed by atoms with van der Waals surface area (Å²) in [6.07, 6.45) is 4.71. The quantitative estimate of drug-likeness (QED) is 0.825. The number of nitrogens with one attached hydrogen (secondary N) is 1. The number of carbonyl (C=O) groups is 1. The van der Waals surface area contributed by atoms with Crippen molar-refractivity contribution in [3.05, 3.63) is 53.6 Å². The van der Waals surface area contributed by atoms with Gasteiger partial charge >= 0.3 is 0 Å². The van der Waals surface area contributed by atoms with Gasteiger partial charge in [0.05, 0.1) is 6.20 Å². The summed E-state index contributed by atoms with van der Waals surface area (Å²) in [5, 5.41) is 18.0. The molecule has 0 saturated carbocycles. The predicted molar refractivity (Wildman–Crippen MR) is 90.9 cm³/mol. The number of hydrogen-bond donors (Lipinski definition) is 2. The first-order chi connectivity index (χ1) is 12.0. The van der Waals surface area contributed by atoms with E-state index in [0.717, 1.165) is 5.56 Å². The van der Waals surface area contributed by atoms with Crippen LogP contribution in [0.5, 0.6) is 0 Å². The number of amides is 1. The molecule has 1 aromatic carbocycles. The number of likely N-dealkylation sites (tertiary alicyclic amines) is 1. The van der Waals surface area contributed by atoms with Gasteiger partial charge in [-0.3, -0.25) is 9.48 Å². The molecular weight excluding hydrogens is 323 g/mol. The predicted octanol–water partition coefficient (Wildman–Crippen LogP) is 1.20. The average Bonchev–Trinajstić information content (AvgIpc) is 2.99. The Hall–Kier alpha value is -2.25. The van der Waals surface area contributed by atoms with Gasteiger partial charge < -0.3 is 15.3 Å². The number of piperidine rings is 1. The third kappa shape index (κ3) is 4.05. The summed E-state index contributed by atoms with van der Waals surface area (Å²) in [6, 6.07) is 6.41. The molecule has 1 amide bonds. The zero-order valence-corrected chi connectivity index (χ0v) is 14.3. The molecule has 1 saturated heterocycles. The summed E-state index contributed by atoms with van der Waals surface area (Å²) < 4.78 is 15.5. The van der Waals surface area contributed by atoms with Gasteiger partial charge in [-0.25, -0.2) is 4.39 Å². The van der Waals surface area contributed by atoms with Crippen molar-refractivity contribution in [1.29, 1.82) is 0 Å². The van der Waals surface area contributed by atoms with Crippen LogP contribution in [0, 0.1) is 5.82 Å². The molecule has 2 heterocycles. The van der Waals surface area contributed by atoms with Gasteiger partial charge in [-0.05, 0) is 18.9 Å². The van der Waals surface area contributed by atoms with Crippen molar-refractivity contribution in [2.45, 2.75) is 31.5 Å². The Morgan fingerprint density at radius 1 is 1.40 bits per heavy atom. The molecule has 0 radical (unpaired) electrons. The fourth-order valence-corrected chi connectivity index (χ4v) is 3.19. The Kier molecular flexibility index (Phi) is 5.15. The lowest BCUT2D eigenvalue weighted by Gasteiger charge is -2.38. The monoisotopic (exact) mass is 346 g/mol. The highest BCUT2D eigenvalue weighted by Crippen LogP contribution is 2.24. The SMILES string of the molecule is Cn1cc(CNC[C@]2(O)CCCN(Cc3ccccc3F)C2=O)cn1. The minimum Gasteiger partial charge on any atom is -0.379 e. The smallest absolute Gasteiger partial charge is 0.256 e. The van der Waals surface area contributed by atoms with E-state index in [1.54, 1.807) is 29.1 Å². The molecule has 0 spiro atoms. The summed E-state index contributed by atoms with van der Waals surface area (Å²) >= 11 is 0. The fourth-order valence-electron chi connectivity index (χ4n) is 3.19. The largest absolute Gasteiger partial charge is 0.379 e. The van der Waals surface area contributed by atoms with Gasteiger partial charge in [-0.2, -0.15) is 5.10 Å². The van der Waals surface area contributed by atoms with Crippen LogP contribution in [0.4, 0.5) is 4.39 Å². The van der Waals surface area contributed by atoms with Crippen molar-refractivity contribution < 1.29 is 14.3 Å². The van der Waals surface area contributed by atoms with Gasteiger partial charge in [0, 0.05) is 50.6 Å². The first kappa shape index (κ1) is 17.6. The molecule has 25 heavy (non-hydrogen) atoms. The van der Waals surface area contributed by atoms with Crippen molar-refractivity contribution in [2.24, 2.45) is 7.05 Å². The van der Waals surface area contributed by atoms with E-state index in [4.69, 9.17) is 0 Å². The Bertz CT molecular complexity index is 748. The lowest BCUT2D eigenvalue weighted by Crippen LogP contribution is -2.57. The Labute approximate surface area is 146 Å². The third-order valence-electron chi connectivity index (χ3n) is 4.53. The second-order valence-electron chi connectivity index (χ2n) is 6.58. The van der Waals surface area contributed by atoms with Crippen molar-refractivity contribution in [3.63, 3.8) is 0 Å². The van der Waals surface area contributed by atoms with Crippen LogP contribution in [0.15, 0.2) is 36.7 Å². The second kappa shape index (κ2) is 7.33. The van der Waals surface area contributed by atoms with E-state index in [2.05, 4.69) is 10.4 Å². The van der Waals surface area contributed by atoms with Gasteiger partial charge in [0.25, 0.3) is 5.91 Å². The molecule has 0 unspecified atom stereocenters. The van der Waals surface area contributed by atoms with E-state index >= 15 is 0 Å². The fraction of sp³-hybridized carbons (Fsp3) is 0.444. The molecule has 1 aliphatic rings. The van der Waals surface area contributed by atoms with E-state index in [-0.39, 0.29) is 24.8 Å². The minimum absolute atomic E-state index is 0.161. The highest BCUT2D eigenvalue weighted by Gasteiger charge is 2.41. The summed E-state index contributed by atoms with van der Waals surface area (Å²) in [5.41, 5.74) is -0.00730. The van der Waals surface area contributed by atoms with Gasteiger partial charge in [-0.1, -0.05) is 18.2 Å². The molecule has 3 rings (SSSR count). The van der Waals surface area contributed by atoms with Gasteiger partial charge in [-0.15, -0.1) is 0 Å². The highest BCUT2D eigenvalue weighted by molar-refractivity contribution is 5.86. The molecule has 134 valence electrons. The molecule has 6 nitrogen and oxygen atoms in total.